The van der Waals surface area contributed by atoms with Crippen LogP contribution in [0.15, 0.2) is 42.2 Å². The number of allylic oxidation sites excluding steroid dienone is 3. The Morgan fingerprint density at radius 1 is 1.17 bits per heavy atom. The van der Waals surface area contributed by atoms with Crippen molar-refractivity contribution in [2.45, 2.75) is 71.8 Å². The lowest BCUT2D eigenvalue weighted by Gasteiger charge is -2.57. The van der Waals surface area contributed by atoms with Crippen LogP contribution in [0.4, 0.5) is 0 Å². The number of hydrogen-bond acceptors (Lipinski definition) is 3. The predicted octanol–water partition coefficient (Wildman–Crippen LogP) is 5.97. The highest BCUT2D eigenvalue weighted by molar-refractivity contribution is 5.72. The number of hydrogen-bond donors (Lipinski definition) is 0. The number of aromatic nitrogens is 1. The lowest BCUT2D eigenvalue weighted by atomic mass is 9.47. The normalized spacial score (nSPS) is 42.7. The standard InChI is InChI=1S/C26H33NO2/c1-17(28)29-20-10-12-25(2)19(15-20)6-7-21-23-9-8-22(18-5-4-14-27-16-18)26(23,3)13-11-24(21)25/h4-6,8,14,16,20-21,23-24H,7,9-13,15H2,1-3H3/t20-,21-,23?,24?,25-,26+/m0/s1/i4D,5D,14D,16D. The van der Waals surface area contributed by atoms with E-state index in [9.17, 15) is 4.79 Å². The minimum absolute atomic E-state index is 0.00417. The molecule has 3 heteroatoms. The highest BCUT2D eigenvalue weighted by Crippen LogP contribution is 2.66. The van der Waals surface area contributed by atoms with E-state index in [4.69, 9.17) is 10.2 Å². The largest absolute Gasteiger partial charge is 0.462 e. The van der Waals surface area contributed by atoms with Gasteiger partial charge in [-0.2, -0.15) is 0 Å². The second kappa shape index (κ2) is 6.82. The molecule has 0 aliphatic heterocycles. The van der Waals surface area contributed by atoms with Crippen molar-refractivity contribution in [1.29, 1.82) is 0 Å². The van der Waals surface area contributed by atoms with Gasteiger partial charge in [-0.3, -0.25) is 9.78 Å². The molecule has 5 rings (SSSR count). The van der Waals surface area contributed by atoms with Crippen molar-refractivity contribution in [3.8, 4) is 0 Å². The number of nitrogens with zero attached hydrogens (tertiary/aromatic N) is 1. The molecular formula is C26H33NO2. The number of pyridine rings is 1. The van der Waals surface area contributed by atoms with Gasteiger partial charge in [-0.05, 0) is 84.3 Å². The van der Waals surface area contributed by atoms with Gasteiger partial charge >= 0.3 is 5.97 Å². The second-order valence-corrected chi connectivity index (χ2v) is 10.0. The molecule has 6 atom stereocenters. The van der Waals surface area contributed by atoms with E-state index in [1.165, 1.54) is 12.5 Å². The molecule has 3 nitrogen and oxygen atoms in total. The van der Waals surface area contributed by atoms with Crippen molar-refractivity contribution in [1.82, 2.24) is 4.98 Å². The van der Waals surface area contributed by atoms with Crippen LogP contribution >= 0.6 is 0 Å². The maximum atomic E-state index is 11.5. The first-order valence-electron chi connectivity index (χ1n) is 13.1. The second-order valence-electron chi connectivity index (χ2n) is 10.0. The quantitative estimate of drug-likeness (QED) is 0.457. The molecule has 2 saturated carbocycles. The van der Waals surface area contributed by atoms with Gasteiger partial charge in [0.1, 0.15) is 6.10 Å². The smallest absolute Gasteiger partial charge is 0.302 e. The summed E-state index contributed by atoms with van der Waals surface area (Å²) in [5.41, 5.74) is 2.93. The Kier molecular flexibility index (Phi) is 3.52. The topological polar surface area (TPSA) is 39.2 Å². The van der Waals surface area contributed by atoms with Crippen molar-refractivity contribution in [2.24, 2.45) is 28.6 Å². The van der Waals surface area contributed by atoms with Gasteiger partial charge in [-0.1, -0.05) is 37.6 Å². The van der Waals surface area contributed by atoms with Crippen molar-refractivity contribution >= 4 is 11.5 Å². The average molecular weight is 396 g/mol. The number of fused-ring (bicyclic) bond motifs is 5. The zero-order valence-electron chi connectivity index (χ0n) is 21.7. The van der Waals surface area contributed by atoms with Crippen LogP contribution in [-0.4, -0.2) is 17.1 Å². The van der Waals surface area contributed by atoms with Crippen molar-refractivity contribution in [3.05, 3.63) is 47.7 Å². The van der Waals surface area contributed by atoms with Crippen LogP contribution in [0, 0.1) is 28.6 Å². The van der Waals surface area contributed by atoms with Crippen LogP contribution in [0.2, 0.25) is 0 Å². The van der Waals surface area contributed by atoms with Crippen LogP contribution in [0.3, 0.4) is 0 Å². The lowest BCUT2D eigenvalue weighted by molar-refractivity contribution is -0.148. The van der Waals surface area contributed by atoms with E-state index in [0.29, 0.717) is 23.3 Å². The van der Waals surface area contributed by atoms with Gasteiger partial charge in [0.05, 0.1) is 5.48 Å². The number of ether oxygens (including phenoxy) is 1. The van der Waals surface area contributed by atoms with Crippen molar-refractivity contribution in [2.75, 3.05) is 0 Å². The highest BCUT2D eigenvalue weighted by atomic mass is 16.5. The minimum atomic E-state index is -0.292. The van der Waals surface area contributed by atoms with Crippen LogP contribution in [0.1, 0.15) is 76.8 Å². The Hall–Kier alpha value is -1.90. The molecule has 29 heavy (non-hydrogen) atoms. The van der Waals surface area contributed by atoms with Gasteiger partial charge in [-0.15, -0.1) is 0 Å². The van der Waals surface area contributed by atoms with Crippen molar-refractivity contribution < 1.29 is 15.0 Å². The summed E-state index contributed by atoms with van der Waals surface area (Å²) >= 11 is 0. The summed E-state index contributed by atoms with van der Waals surface area (Å²) in [5.74, 6) is 1.38. The molecule has 0 saturated heterocycles. The molecule has 2 unspecified atom stereocenters. The van der Waals surface area contributed by atoms with Gasteiger partial charge in [0, 0.05) is 25.7 Å². The third-order valence-corrected chi connectivity index (χ3v) is 8.71. The van der Waals surface area contributed by atoms with Gasteiger partial charge < -0.3 is 4.74 Å². The molecule has 1 heterocycles. The van der Waals surface area contributed by atoms with E-state index >= 15 is 0 Å². The number of carbonyl (C=O) groups is 1. The van der Waals surface area contributed by atoms with Crippen LogP contribution in [-0.2, 0) is 9.53 Å². The summed E-state index contributed by atoms with van der Waals surface area (Å²) in [6.07, 6.45) is 11.2. The number of carbonyl (C=O) groups excluding carboxylic acids is 1. The maximum absolute atomic E-state index is 11.5. The van der Waals surface area contributed by atoms with E-state index in [1.54, 1.807) is 0 Å². The zero-order valence-corrected chi connectivity index (χ0v) is 17.7. The molecule has 0 bridgehead atoms. The van der Waals surface area contributed by atoms with E-state index in [0.717, 1.165) is 50.5 Å². The number of esters is 1. The SMILES string of the molecule is [2H]c1nc([2H])c(C2=CCC3[C@@H]4CC=C5C[C@@H](OC(C)=O)CC[C@]5(C)C4CC[C@]23C)c([2H])c1[2H]. The molecule has 0 amide bonds. The molecule has 0 spiro atoms. The summed E-state index contributed by atoms with van der Waals surface area (Å²) in [7, 11) is 0. The Morgan fingerprint density at radius 2 is 2.00 bits per heavy atom. The van der Waals surface area contributed by atoms with Crippen molar-refractivity contribution in [3.63, 3.8) is 0 Å². The van der Waals surface area contributed by atoms with Crippen LogP contribution in [0.5, 0.6) is 0 Å². The van der Waals surface area contributed by atoms with Crippen LogP contribution < -0.4 is 0 Å². The first kappa shape index (κ1) is 15.0. The fourth-order valence-corrected chi connectivity index (χ4v) is 7.28. The summed E-state index contributed by atoms with van der Waals surface area (Å²) in [4.78, 5) is 15.4. The fraction of sp³-hybridized carbons (Fsp3) is 0.615. The van der Waals surface area contributed by atoms with E-state index in [1.807, 2.05) is 0 Å². The van der Waals surface area contributed by atoms with E-state index in [2.05, 4.69) is 31.0 Å². The summed E-state index contributed by atoms with van der Waals surface area (Å²) in [5, 5.41) is 0. The first-order chi connectivity index (χ1) is 15.6. The summed E-state index contributed by atoms with van der Waals surface area (Å²) in [6.45, 7) is 6.19. The fourth-order valence-electron chi connectivity index (χ4n) is 7.28. The summed E-state index contributed by atoms with van der Waals surface area (Å²) in [6, 6.07) is -0.221. The van der Waals surface area contributed by atoms with Gasteiger partial charge in [0.25, 0.3) is 0 Å². The van der Waals surface area contributed by atoms with Gasteiger partial charge in [-0.25, -0.2) is 0 Å². The molecule has 1 aromatic rings. The molecule has 1 aromatic heterocycles. The third-order valence-electron chi connectivity index (χ3n) is 8.71. The Labute approximate surface area is 180 Å². The minimum Gasteiger partial charge on any atom is -0.462 e. The van der Waals surface area contributed by atoms with Gasteiger partial charge in [0.15, 0.2) is 0 Å². The Bertz CT molecular complexity index is 1080. The molecule has 0 aromatic carbocycles. The molecule has 0 N–H and O–H groups in total. The molecular weight excluding hydrogens is 358 g/mol. The average Bonchev–Trinajstić information content (AvgIpc) is 3.09. The Morgan fingerprint density at radius 3 is 2.83 bits per heavy atom. The molecule has 0 radical (unpaired) electrons. The number of rotatable bonds is 2. The monoisotopic (exact) mass is 395 g/mol. The molecule has 4 aliphatic carbocycles. The molecule has 154 valence electrons. The Balaban J connectivity index is 1.45. The third kappa shape index (κ3) is 2.92. The maximum Gasteiger partial charge on any atom is 0.302 e. The van der Waals surface area contributed by atoms with Gasteiger partial charge in [0.2, 0.25) is 0 Å². The lowest BCUT2D eigenvalue weighted by Crippen LogP contribution is -2.50. The predicted molar refractivity (Wildman–Crippen MR) is 115 cm³/mol. The van der Waals surface area contributed by atoms with E-state index in [-0.39, 0.29) is 47.3 Å². The molecule has 2 fully saturated rings. The highest BCUT2D eigenvalue weighted by Gasteiger charge is 2.56. The molecule has 4 aliphatic rings. The first-order valence-corrected chi connectivity index (χ1v) is 11.1. The van der Waals surface area contributed by atoms with E-state index < -0.39 is 0 Å². The summed E-state index contributed by atoms with van der Waals surface area (Å²) < 4.78 is 38.3. The zero-order chi connectivity index (χ0) is 23.7. The van der Waals surface area contributed by atoms with Crippen LogP contribution in [0.25, 0.3) is 5.57 Å².